The molecule has 1 aromatic heterocycles. The van der Waals surface area contributed by atoms with Crippen molar-refractivity contribution in [3.63, 3.8) is 0 Å². The van der Waals surface area contributed by atoms with Crippen molar-refractivity contribution >= 4 is 23.0 Å². The first-order valence-electron chi connectivity index (χ1n) is 6.26. The zero-order chi connectivity index (χ0) is 13.1. The Morgan fingerprint density at radius 2 is 2.39 bits per heavy atom. The average molecular weight is 264 g/mol. The van der Waals surface area contributed by atoms with E-state index in [9.17, 15) is 0 Å². The number of nitrogens with two attached hydrogens (primary N) is 1. The number of hydrogen-bond donors (Lipinski definition) is 2. The summed E-state index contributed by atoms with van der Waals surface area (Å²) in [6, 6.07) is 3.87. The SMILES string of the molecule is Cc1ccc(C(N)=S)c(NCC2CCN(C)C2)n1. The molecule has 3 N–H and O–H groups in total. The summed E-state index contributed by atoms with van der Waals surface area (Å²) in [4.78, 5) is 7.23. The normalized spacial score (nSPS) is 20.0. The van der Waals surface area contributed by atoms with E-state index in [1.165, 1.54) is 13.0 Å². The van der Waals surface area contributed by atoms with Crippen LogP contribution in [0.5, 0.6) is 0 Å². The standard InChI is InChI=1S/C13H20N4S/c1-9-3-4-11(12(14)18)13(16-9)15-7-10-5-6-17(2)8-10/h3-4,10H,5-8H2,1-2H3,(H2,14,18)(H,15,16). The minimum atomic E-state index is 0.397. The largest absolute Gasteiger partial charge is 0.389 e. The fraction of sp³-hybridized carbons (Fsp3) is 0.538. The number of anilines is 1. The summed E-state index contributed by atoms with van der Waals surface area (Å²) in [6.45, 7) is 5.21. The van der Waals surface area contributed by atoms with Gasteiger partial charge in [0, 0.05) is 18.8 Å². The zero-order valence-electron chi connectivity index (χ0n) is 10.9. The number of pyridine rings is 1. The Morgan fingerprint density at radius 3 is 3.00 bits per heavy atom. The van der Waals surface area contributed by atoms with Gasteiger partial charge in [0.1, 0.15) is 10.8 Å². The number of hydrogen-bond acceptors (Lipinski definition) is 4. The van der Waals surface area contributed by atoms with Gasteiger partial charge in [-0.2, -0.15) is 0 Å². The van der Waals surface area contributed by atoms with Crippen molar-refractivity contribution in [2.75, 3.05) is 32.0 Å². The molecule has 1 aliphatic rings. The van der Waals surface area contributed by atoms with Gasteiger partial charge in [0.15, 0.2) is 0 Å². The fourth-order valence-corrected chi connectivity index (χ4v) is 2.49. The molecule has 1 aliphatic heterocycles. The average Bonchev–Trinajstić information content (AvgIpc) is 2.72. The van der Waals surface area contributed by atoms with E-state index in [-0.39, 0.29) is 0 Å². The minimum Gasteiger partial charge on any atom is -0.389 e. The highest BCUT2D eigenvalue weighted by molar-refractivity contribution is 7.80. The molecule has 0 spiro atoms. The topological polar surface area (TPSA) is 54.2 Å². The Labute approximate surface area is 114 Å². The quantitative estimate of drug-likeness (QED) is 0.805. The lowest BCUT2D eigenvalue weighted by atomic mass is 10.1. The van der Waals surface area contributed by atoms with E-state index >= 15 is 0 Å². The summed E-state index contributed by atoms with van der Waals surface area (Å²) in [7, 11) is 2.16. The second kappa shape index (κ2) is 5.63. The summed E-state index contributed by atoms with van der Waals surface area (Å²) in [5.74, 6) is 1.49. The monoisotopic (exact) mass is 264 g/mol. The molecule has 4 nitrogen and oxygen atoms in total. The number of nitrogens with one attached hydrogen (secondary N) is 1. The predicted octanol–water partition coefficient (Wildman–Crippen LogP) is 1.39. The van der Waals surface area contributed by atoms with Crippen LogP contribution in [0.3, 0.4) is 0 Å². The molecule has 1 atom stereocenters. The van der Waals surface area contributed by atoms with Crippen LogP contribution in [0.15, 0.2) is 12.1 Å². The van der Waals surface area contributed by atoms with Gasteiger partial charge in [0.25, 0.3) is 0 Å². The molecule has 1 saturated heterocycles. The van der Waals surface area contributed by atoms with E-state index in [0.717, 1.165) is 30.2 Å². The van der Waals surface area contributed by atoms with Crippen molar-refractivity contribution in [2.45, 2.75) is 13.3 Å². The van der Waals surface area contributed by atoms with Crippen LogP contribution in [0.2, 0.25) is 0 Å². The molecule has 0 saturated carbocycles. The third-order valence-corrected chi connectivity index (χ3v) is 3.57. The number of aromatic nitrogens is 1. The zero-order valence-corrected chi connectivity index (χ0v) is 11.8. The molecule has 5 heteroatoms. The lowest BCUT2D eigenvalue weighted by Crippen LogP contribution is -2.21. The van der Waals surface area contributed by atoms with E-state index in [4.69, 9.17) is 18.0 Å². The highest BCUT2D eigenvalue weighted by atomic mass is 32.1. The van der Waals surface area contributed by atoms with Crippen molar-refractivity contribution < 1.29 is 0 Å². The number of likely N-dealkylation sites (tertiary alicyclic amines) is 1. The molecular weight excluding hydrogens is 244 g/mol. The Kier molecular flexibility index (Phi) is 4.14. The molecular formula is C13H20N4S. The molecule has 2 heterocycles. The summed E-state index contributed by atoms with van der Waals surface area (Å²) >= 11 is 5.05. The van der Waals surface area contributed by atoms with E-state index in [1.807, 2.05) is 19.1 Å². The Morgan fingerprint density at radius 1 is 1.61 bits per heavy atom. The first kappa shape index (κ1) is 13.2. The molecule has 0 bridgehead atoms. The molecule has 0 radical (unpaired) electrons. The van der Waals surface area contributed by atoms with Crippen LogP contribution < -0.4 is 11.1 Å². The lowest BCUT2D eigenvalue weighted by molar-refractivity contribution is 0.399. The van der Waals surface area contributed by atoms with Gasteiger partial charge >= 0.3 is 0 Å². The molecule has 0 aliphatic carbocycles. The third kappa shape index (κ3) is 3.17. The Bertz CT molecular complexity index is 447. The second-order valence-corrected chi connectivity index (χ2v) is 5.45. The molecule has 2 rings (SSSR count). The van der Waals surface area contributed by atoms with Crippen LogP contribution in [-0.2, 0) is 0 Å². The second-order valence-electron chi connectivity index (χ2n) is 5.01. The van der Waals surface area contributed by atoms with Gasteiger partial charge in [-0.15, -0.1) is 0 Å². The van der Waals surface area contributed by atoms with Crippen LogP contribution >= 0.6 is 12.2 Å². The van der Waals surface area contributed by atoms with Crippen molar-refractivity contribution in [1.82, 2.24) is 9.88 Å². The van der Waals surface area contributed by atoms with Crippen LogP contribution in [0, 0.1) is 12.8 Å². The molecule has 0 amide bonds. The number of nitrogens with zero attached hydrogens (tertiary/aromatic N) is 2. The van der Waals surface area contributed by atoms with Crippen molar-refractivity contribution in [3.8, 4) is 0 Å². The maximum absolute atomic E-state index is 5.71. The van der Waals surface area contributed by atoms with E-state index in [2.05, 4.69) is 22.2 Å². The number of rotatable bonds is 4. The van der Waals surface area contributed by atoms with Crippen LogP contribution in [0.25, 0.3) is 0 Å². The smallest absolute Gasteiger partial charge is 0.136 e. The third-order valence-electron chi connectivity index (χ3n) is 3.35. The van der Waals surface area contributed by atoms with Gasteiger partial charge < -0.3 is 16.0 Å². The molecule has 1 unspecified atom stereocenters. The van der Waals surface area contributed by atoms with Crippen molar-refractivity contribution in [1.29, 1.82) is 0 Å². The molecule has 1 fully saturated rings. The Hall–Kier alpha value is -1.20. The van der Waals surface area contributed by atoms with Gasteiger partial charge in [-0.25, -0.2) is 4.98 Å². The minimum absolute atomic E-state index is 0.397. The molecule has 1 aromatic rings. The van der Waals surface area contributed by atoms with Gasteiger partial charge in [0.05, 0.1) is 5.56 Å². The maximum Gasteiger partial charge on any atom is 0.136 e. The summed E-state index contributed by atoms with van der Waals surface area (Å²) in [6.07, 6.45) is 1.23. The molecule has 18 heavy (non-hydrogen) atoms. The summed E-state index contributed by atoms with van der Waals surface area (Å²) in [5.41, 5.74) is 7.52. The maximum atomic E-state index is 5.71. The predicted molar refractivity (Wildman–Crippen MR) is 79.0 cm³/mol. The van der Waals surface area contributed by atoms with Gasteiger partial charge in [-0.3, -0.25) is 0 Å². The number of thiocarbonyl (C=S) groups is 1. The number of aryl methyl sites for hydroxylation is 1. The lowest BCUT2D eigenvalue weighted by Gasteiger charge is -2.14. The van der Waals surface area contributed by atoms with E-state index < -0.39 is 0 Å². The van der Waals surface area contributed by atoms with Gasteiger partial charge in [0.2, 0.25) is 0 Å². The molecule has 98 valence electrons. The van der Waals surface area contributed by atoms with Crippen LogP contribution in [0.1, 0.15) is 17.7 Å². The van der Waals surface area contributed by atoms with Gasteiger partial charge in [-0.1, -0.05) is 12.2 Å². The fourth-order valence-electron chi connectivity index (χ4n) is 2.32. The van der Waals surface area contributed by atoms with E-state index in [0.29, 0.717) is 10.9 Å². The first-order valence-corrected chi connectivity index (χ1v) is 6.67. The molecule has 0 aromatic carbocycles. The van der Waals surface area contributed by atoms with Crippen LogP contribution in [-0.4, -0.2) is 41.6 Å². The van der Waals surface area contributed by atoms with Crippen molar-refractivity contribution in [3.05, 3.63) is 23.4 Å². The Balaban J connectivity index is 2.04. The van der Waals surface area contributed by atoms with Gasteiger partial charge in [-0.05, 0) is 45.0 Å². The van der Waals surface area contributed by atoms with E-state index in [1.54, 1.807) is 0 Å². The van der Waals surface area contributed by atoms with Crippen molar-refractivity contribution in [2.24, 2.45) is 11.7 Å². The van der Waals surface area contributed by atoms with Crippen LogP contribution in [0.4, 0.5) is 5.82 Å². The summed E-state index contributed by atoms with van der Waals surface area (Å²) in [5, 5.41) is 3.39. The summed E-state index contributed by atoms with van der Waals surface area (Å²) < 4.78 is 0. The highest BCUT2D eigenvalue weighted by Crippen LogP contribution is 2.17. The highest BCUT2D eigenvalue weighted by Gasteiger charge is 2.19. The first-order chi connectivity index (χ1) is 8.56.